The Balaban J connectivity index is 2.16. The molecule has 0 aromatic heterocycles. The second-order valence-corrected chi connectivity index (χ2v) is 7.19. The van der Waals surface area contributed by atoms with E-state index in [0.717, 1.165) is 19.4 Å². The van der Waals surface area contributed by atoms with Gasteiger partial charge in [-0.25, -0.2) is 0 Å². The number of carbonyl (C=O) groups is 1. The number of hydrogen-bond acceptors (Lipinski definition) is 2. The summed E-state index contributed by atoms with van der Waals surface area (Å²) in [5, 5.41) is 0. The fraction of sp³-hybridized carbons (Fsp3) is 0.929. The maximum atomic E-state index is 12.3. The molecule has 0 aromatic rings. The average molecular weight is 238 g/mol. The van der Waals surface area contributed by atoms with Crippen LogP contribution in [-0.4, -0.2) is 29.4 Å². The Morgan fingerprint density at radius 1 is 1.41 bits per heavy atom. The molecule has 2 rings (SSSR count). The van der Waals surface area contributed by atoms with Crippen LogP contribution in [0.15, 0.2) is 0 Å². The van der Waals surface area contributed by atoms with Crippen molar-refractivity contribution in [2.45, 2.75) is 65.5 Å². The standard InChI is InChI=1S/C14H26N2O/c1-5-11(15)12(17)16-9-14(4)7-10(16)6-13(2,3)8-14/h10-11H,5-9,15H2,1-4H3. The number of carbonyl (C=O) groups excluding carboxylic acids is 1. The minimum atomic E-state index is -0.305. The van der Waals surface area contributed by atoms with Crippen molar-refractivity contribution in [1.29, 1.82) is 0 Å². The highest BCUT2D eigenvalue weighted by molar-refractivity contribution is 5.82. The Morgan fingerprint density at radius 2 is 2.06 bits per heavy atom. The first-order chi connectivity index (χ1) is 7.76. The molecule has 2 aliphatic rings. The zero-order chi connectivity index (χ0) is 12.8. The largest absolute Gasteiger partial charge is 0.338 e. The van der Waals surface area contributed by atoms with Crippen molar-refractivity contribution >= 4 is 5.91 Å². The lowest BCUT2D eigenvalue weighted by atomic mass is 9.65. The molecule has 17 heavy (non-hydrogen) atoms. The van der Waals surface area contributed by atoms with Crippen molar-refractivity contribution in [3.05, 3.63) is 0 Å². The molecule has 0 aromatic carbocycles. The predicted octanol–water partition coefficient (Wildman–Crippen LogP) is 2.15. The van der Waals surface area contributed by atoms with Crippen LogP contribution in [0.5, 0.6) is 0 Å². The van der Waals surface area contributed by atoms with E-state index in [1.807, 2.05) is 6.92 Å². The highest BCUT2D eigenvalue weighted by Crippen LogP contribution is 2.52. The number of hydrogen-bond donors (Lipinski definition) is 1. The summed E-state index contributed by atoms with van der Waals surface area (Å²) in [6.45, 7) is 9.87. The summed E-state index contributed by atoms with van der Waals surface area (Å²) in [5.41, 5.74) is 6.58. The van der Waals surface area contributed by atoms with E-state index in [4.69, 9.17) is 5.73 Å². The van der Waals surface area contributed by atoms with Crippen LogP contribution in [-0.2, 0) is 4.79 Å². The van der Waals surface area contributed by atoms with Crippen molar-refractivity contribution in [2.75, 3.05) is 6.54 Å². The number of likely N-dealkylation sites (tertiary alicyclic amines) is 1. The first-order valence-corrected chi connectivity index (χ1v) is 6.82. The van der Waals surface area contributed by atoms with Gasteiger partial charge in [-0.2, -0.15) is 0 Å². The van der Waals surface area contributed by atoms with Crippen molar-refractivity contribution in [1.82, 2.24) is 4.90 Å². The molecule has 1 amide bonds. The molecule has 1 aliphatic carbocycles. The fourth-order valence-corrected chi connectivity index (χ4v) is 4.11. The molecule has 98 valence electrons. The Labute approximate surface area is 105 Å². The van der Waals surface area contributed by atoms with Crippen LogP contribution in [0, 0.1) is 10.8 Å². The molecule has 0 spiro atoms. The van der Waals surface area contributed by atoms with Crippen molar-refractivity contribution in [3.8, 4) is 0 Å². The molecule has 2 N–H and O–H groups in total. The molecular formula is C14H26N2O. The molecule has 2 bridgehead atoms. The van der Waals surface area contributed by atoms with E-state index < -0.39 is 0 Å². The van der Waals surface area contributed by atoms with Gasteiger partial charge < -0.3 is 10.6 Å². The topological polar surface area (TPSA) is 46.3 Å². The number of fused-ring (bicyclic) bond motifs is 2. The molecule has 2 fully saturated rings. The number of amides is 1. The molecule has 3 nitrogen and oxygen atoms in total. The van der Waals surface area contributed by atoms with Crippen LogP contribution in [0.2, 0.25) is 0 Å². The molecule has 3 unspecified atom stereocenters. The normalized spacial score (nSPS) is 37.0. The zero-order valence-electron chi connectivity index (χ0n) is 11.6. The molecule has 1 saturated carbocycles. The lowest BCUT2D eigenvalue weighted by Crippen LogP contribution is -2.46. The second-order valence-electron chi connectivity index (χ2n) is 7.19. The van der Waals surface area contributed by atoms with E-state index in [0.29, 0.717) is 16.9 Å². The first-order valence-electron chi connectivity index (χ1n) is 6.82. The lowest BCUT2D eigenvalue weighted by Gasteiger charge is -2.39. The third-order valence-electron chi connectivity index (χ3n) is 4.45. The van der Waals surface area contributed by atoms with Crippen LogP contribution >= 0.6 is 0 Å². The van der Waals surface area contributed by atoms with Gasteiger partial charge >= 0.3 is 0 Å². The van der Waals surface area contributed by atoms with Crippen LogP contribution in [0.4, 0.5) is 0 Å². The lowest BCUT2D eigenvalue weighted by molar-refractivity contribution is -0.133. The van der Waals surface area contributed by atoms with E-state index in [9.17, 15) is 4.79 Å². The van der Waals surface area contributed by atoms with E-state index in [2.05, 4.69) is 25.7 Å². The molecule has 3 atom stereocenters. The summed E-state index contributed by atoms with van der Waals surface area (Å²) >= 11 is 0. The van der Waals surface area contributed by atoms with Crippen molar-refractivity contribution in [2.24, 2.45) is 16.6 Å². The fourth-order valence-electron chi connectivity index (χ4n) is 4.11. The Bertz CT molecular complexity index is 326. The molecular weight excluding hydrogens is 212 g/mol. The molecule has 1 heterocycles. The van der Waals surface area contributed by atoms with Crippen molar-refractivity contribution < 1.29 is 4.79 Å². The summed E-state index contributed by atoms with van der Waals surface area (Å²) < 4.78 is 0. The minimum Gasteiger partial charge on any atom is -0.338 e. The average Bonchev–Trinajstić information content (AvgIpc) is 2.45. The van der Waals surface area contributed by atoms with Gasteiger partial charge in [0.2, 0.25) is 5.91 Å². The summed E-state index contributed by atoms with van der Waals surface area (Å²) in [4.78, 5) is 14.3. The molecule has 0 radical (unpaired) electrons. The third kappa shape index (κ3) is 2.35. The first kappa shape index (κ1) is 12.9. The summed E-state index contributed by atoms with van der Waals surface area (Å²) in [6.07, 6.45) is 4.26. The van der Waals surface area contributed by atoms with Crippen molar-refractivity contribution in [3.63, 3.8) is 0 Å². The van der Waals surface area contributed by atoms with Gasteiger partial charge in [-0.1, -0.05) is 27.7 Å². The van der Waals surface area contributed by atoms with E-state index >= 15 is 0 Å². The molecule has 3 heteroatoms. The third-order valence-corrected chi connectivity index (χ3v) is 4.45. The van der Waals surface area contributed by atoms with Gasteiger partial charge in [0.1, 0.15) is 0 Å². The van der Waals surface area contributed by atoms with Gasteiger partial charge in [0, 0.05) is 12.6 Å². The Hall–Kier alpha value is -0.570. The van der Waals surface area contributed by atoms with E-state index in [-0.39, 0.29) is 11.9 Å². The molecule has 1 saturated heterocycles. The van der Waals surface area contributed by atoms with Crippen LogP contribution in [0.25, 0.3) is 0 Å². The summed E-state index contributed by atoms with van der Waals surface area (Å²) in [5.74, 6) is 0.166. The van der Waals surface area contributed by atoms with Gasteiger partial charge in [0.15, 0.2) is 0 Å². The minimum absolute atomic E-state index is 0.166. The number of nitrogens with two attached hydrogens (primary N) is 1. The highest BCUT2D eigenvalue weighted by atomic mass is 16.2. The van der Waals surface area contributed by atoms with Gasteiger partial charge in [0.05, 0.1) is 6.04 Å². The van der Waals surface area contributed by atoms with Crippen LogP contribution < -0.4 is 5.73 Å². The monoisotopic (exact) mass is 238 g/mol. The van der Waals surface area contributed by atoms with Crippen LogP contribution in [0.1, 0.15) is 53.4 Å². The summed E-state index contributed by atoms with van der Waals surface area (Å²) in [7, 11) is 0. The maximum Gasteiger partial charge on any atom is 0.239 e. The maximum absolute atomic E-state index is 12.3. The van der Waals surface area contributed by atoms with Gasteiger partial charge in [-0.05, 0) is 36.5 Å². The smallest absolute Gasteiger partial charge is 0.239 e. The van der Waals surface area contributed by atoms with Crippen LogP contribution in [0.3, 0.4) is 0 Å². The van der Waals surface area contributed by atoms with E-state index in [1.54, 1.807) is 0 Å². The summed E-state index contributed by atoms with van der Waals surface area (Å²) in [6, 6.07) is 0.120. The Morgan fingerprint density at radius 3 is 2.65 bits per heavy atom. The van der Waals surface area contributed by atoms with Gasteiger partial charge in [0.25, 0.3) is 0 Å². The highest BCUT2D eigenvalue weighted by Gasteiger charge is 2.51. The predicted molar refractivity (Wildman–Crippen MR) is 69.5 cm³/mol. The molecule has 1 aliphatic heterocycles. The Kier molecular flexibility index (Phi) is 3.01. The zero-order valence-corrected chi connectivity index (χ0v) is 11.6. The van der Waals surface area contributed by atoms with Gasteiger partial charge in [-0.3, -0.25) is 4.79 Å². The SMILES string of the molecule is CCC(N)C(=O)N1CC2(C)CC1CC(C)(C)C2. The van der Waals surface area contributed by atoms with Gasteiger partial charge in [-0.15, -0.1) is 0 Å². The number of nitrogens with zero attached hydrogens (tertiary/aromatic N) is 1. The van der Waals surface area contributed by atoms with E-state index in [1.165, 1.54) is 12.8 Å². The second kappa shape index (κ2) is 3.98. The number of rotatable bonds is 2. The quantitative estimate of drug-likeness (QED) is 0.801.